The third-order valence-corrected chi connectivity index (χ3v) is 1.79. The van der Waals surface area contributed by atoms with Crippen LogP contribution in [-0.2, 0) is 0 Å². The lowest BCUT2D eigenvalue weighted by molar-refractivity contribution is 0.0994. The number of aromatic nitrogens is 3. The zero-order chi connectivity index (χ0) is 10.8. The van der Waals surface area contributed by atoms with Gasteiger partial charge < -0.3 is 4.42 Å². The van der Waals surface area contributed by atoms with Crippen LogP contribution in [0.1, 0.15) is 22.1 Å². The highest BCUT2D eigenvalue weighted by Crippen LogP contribution is 2.08. The van der Waals surface area contributed by atoms with Crippen molar-refractivity contribution in [1.82, 2.24) is 15.2 Å². The van der Waals surface area contributed by atoms with Gasteiger partial charge in [0.1, 0.15) is 11.6 Å². The van der Waals surface area contributed by atoms with Crippen molar-refractivity contribution in [2.24, 2.45) is 0 Å². The number of carbonyl (C=O) groups excluding carboxylic acids is 1. The second-order valence-electron chi connectivity index (χ2n) is 3.11. The highest BCUT2D eigenvalue weighted by Gasteiger charge is 2.11. The summed E-state index contributed by atoms with van der Waals surface area (Å²) in [4.78, 5) is 15.5. The van der Waals surface area contributed by atoms with Crippen molar-refractivity contribution in [3.8, 4) is 0 Å². The van der Waals surface area contributed by atoms with E-state index in [0.717, 1.165) is 0 Å². The molecule has 2 heterocycles. The molecule has 2 aromatic rings. The molecule has 2 N–H and O–H groups in total. The number of anilines is 1. The molecule has 0 aliphatic rings. The van der Waals surface area contributed by atoms with E-state index in [-0.39, 0.29) is 17.6 Å². The summed E-state index contributed by atoms with van der Waals surface area (Å²) in [6, 6.07) is 3.32. The van der Waals surface area contributed by atoms with Gasteiger partial charge in [-0.1, -0.05) is 0 Å². The first kappa shape index (κ1) is 9.45. The minimum Gasteiger partial charge on any atom is -0.456 e. The molecule has 0 bridgehead atoms. The minimum absolute atomic E-state index is 0.242. The maximum atomic E-state index is 11.5. The molecule has 0 saturated carbocycles. The number of carbonyl (C=O) groups is 1. The topological polar surface area (TPSA) is 83.8 Å². The number of aryl methyl sites for hydroxylation is 2. The molecular formula is C9H10N4O2. The third kappa shape index (κ3) is 2.04. The molecule has 0 spiro atoms. The average Bonchev–Trinajstić information content (AvgIpc) is 2.75. The zero-order valence-electron chi connectivity index (χ0n) is 8.37. The molecular weight excluding hydrogens is 196 g/mol. The summed E-state index contributed by atoms with van der Waals surface area (Å²) >= 11 is 0. The lowest BCUT2D eigenvalue weighted by atomic mass is 10.4. The maximum Gasteiger partial charge on any atom is 0.293 e. The summed E-state index contributed by atoms with van der Waals surface area (Å²) in [6.07, 6.45) is 0. The first-order chi connectivity index (χ1) is 7.15. The first-order valence-electron chi connectivity index (χ1n) is 4.42. The second kappa shape index (κ2) is 3.56. The van der Waals surface area contributed by atoms with Crippen LogP contribution in [0.15, 0.2) is 16.5 Å². The van der Waals surface area contributed by atoms with Gasteiger partial charge in [-0.2, -0.15) is 4.98 Å². The summed E-state index contributed by atoms with van der Waals surface area (Å²) in [5.74, 6) is 1.45. The quantitative estimate of drug-likeness (QED) is 0.774. The van der Waals surface area contributed by atoms with E-state index < -0.39 is 0 Å². The van der Waals surface area contributed by atoms with E-state index in [1.54, 1.807) is 26.0 Å². The number of rotatable bonds is 2. The SMILES string of the molecule is Cc1nc(NC(=O)c2ccc(C)o2)n[nH]1. The lowest BCUT2D eigenvalue weighted by Gasteiger charge is -1.95. The zero-order valence-corrected chi connectivity index (χ0v) is 8.37. The molecule has 0 aromatic carbocycles. The fourth-order valence-corrected chi connectivity index (χ4v) is 1.12. The Bertz CT molecular complexity index is 486. The number of furan rings is 1. The number of nitrogens with one attached hydrogen (secondary N) is 2. The predicted octanol–water partition coefficient (Wildman–Crippen LogP) is 1.27. The van der Waals surface area contributed by atoms with Gasteiger partial charge in [0.2, 0.25) is 5.95 Å². The van der Waals surface area contributed by atoms with Gasteiger partial charge in [0.25, 0.3) is 5.91 Å². The van der Waals surface area contributed by atoms with E-state index in [1.165, 1.54) is 0 Å². The van der Waals surface area contributed by atoms with Crippen LogP contribution in [0.3, 0.4) is 0 Å². The van der Waals surface area contributed by atoms with Crippen LogP contribution in [0.25, 0.3) is 0 Å². The first-order valence-corrected chi connectivity index (χ1v) is 4.42. The molecule has 6 heteroatoms. The molecule has 0 fully saturated rings. The van der Waals surface area contributed by atoms with Crippen molar-refractivity contribution in [2.75, 3.05) is 5.32 Å². The summed E-state index contributed by atoms with van der Waals surface area (Å²) in [7, 11) is 0. The van der Waals surface area contributed by atoms with Gasteiger partial charge in [0.15, 0.2) is 5.76 Å². The number of H-pyrrole nitrogens is 1. The van der Waals surface area contributed by atoms with E-state index in [1.807, 2.05) is 0 Å². The standard InChI is InChI=1S/C9H10N4O2/c1-5-3-4-7(15-5)8(14)11-9-10-6(2)12-13-9/h3-4H,1-2H3,(H2,10,11,12,13,14). The molecule has 15 heavy (non-hydrogen) atoms. The minimum atomic E-state index is -0.359. The Balaban J connectivity index is 2.10. The van der Waals surface area contributed by atoms with E-state index in [4.69, 9.17) is 4.42 Å². The van der Waals surface area contributed by atoms with Crippen LogP contribution in [0.2, 0.25) is 0 Å². The van der Waals surface area contributed by atoms with E-state index in [0.29, 0.717) is 11.6 Å². The van der Waals surface area contributed by atoms with Crippen LogP contribution in [-0.4, -0.2) is 21.1 Å². The van der Waals surface area contributed by atoms with Gasteiger partial charge in [-0.25, -0.2) is 0 Å². The fraction of sp³-hybridized carbons (Fsp3) is 0.222. The normalized spacial score (nSPS) is 10.3. The third-order valence-electron chi connectivity index (χ3n) is 1.79. The number of nitrogens with zero attached hydrogens (tertiary/aromatic N) is 2. The van der Waals surface area contributed by atoms with Gasteiger partial charge in [-0.05, 0) is 26.0 Å². The van der Waals surface area contributed by atoms with Crippen molar-refractivity contribution >= 4 is 11.9 Å². The van der Waals surface area contributed by atoms with E-state index in [9.17, 15) is 4.79 Å². The molecule has 6 nitrogen and oxygen atoms in total. The van der Waals surface area contributed by atoms with Crippen molar-refractivity contribution in [3.63, 3.8) is 0 Å². The number of amides is 1. The Morgan fingerprint density at radius 1 is 1.47 bits per heavy atom. The van der Waals surface area contributed by atoms with E-state index in [2.05, 4.69) is 20.5 Å². The van der Waals surface area contributed by atoms with Crippen molar-refractivity contribution in [1.29, 1.82) is 0 Å². The van der Waals surface area contributed by atoms with E-state index >= 15 is 0 Å². The Labute approximate surface area is 85.7 Å². The predicted molar refractivity (Wildman–Crippen MR) is 52.5 cm³/mol. The fourth-order valence-electron chi connectivity index (χ4n) is 1.12. The highest BCUT2D eigenvalue weighted by atomic mass is 16.3. The molecule has 0 aliphatic carbocycles. The van der Waals surface area contributed by atoms with Gasteiger partial charge in [0.05, 0.1) is 0 Å². The van der Waals surface area contributed by atoms with Crippen LogP contribution in [0.5, 0.6) is 0 Å². The van der Waals surface area contributed by atoms with Crippen LogP contribution in [0.4, 0.5) is 5.95 Å². The van der Waals surface area contributed by atoms with Gasteiger partial charge in [-0.3, -0.25) is 15.2 Å². The van der Waals surface area contributed by atoms with Crippen molar-refractivity contribution in [3.05, 3.63) is 29.5 Å². The molecule has 0 aliphatic heterocycles. The smallest absolute Gasteiger partial charge is 0.293 e. The summed E-state index contributed by atoms with van der Waals surface area (Å²) in [5, 5.41) is 8.91. The van der Waals surface area contributed by atoms with Crippen LogP contribution < -0.4 is 5.32 Å². The monoisotopic (exact) mass is 206 g/mol. The molecule has 2 aromatic heterocycles. The van der Waals surface area contributed by atoms with Crippen molar-refractivity contribution < 1.29 is 9.21 Å². The Morgan fingerprint density at radius 2 is 2.27 bits per heavy atom. The molecule has 0 radical (unpaired) electrons. The molecule has 1 amide bonds. The van der Waals surface area contributed by atoms with Gasteiger partial charge in [-0.15, -0.1) is 5.10 Å². The molecule has 0 atom stereocenters. The Kier molecular flexibility index (Phi) is 2.24. The average molecular weight is 206 g/mol. The summed E-state index contributed by atoms with van der Waals surface area (Å²) in [6.45, 7) is 3.52. The molecule has 78 valence electrons. The largest absolute Gasteiger partial charge is 0.456 e. The second-order valence-corrected chi connectivity index (χ2v) is 3.11. The van der Waals surface area contributed by atoms with Crippen LogP contribution >= 0.6 is 0 Å². The number of aromatic amines is 1. The Morgan fingerprint density at radius 3 is 2.80 bits per heavy atom. The highest BCUT2D eigenvalue weighted by molar-refractivity contribution is 6.01. The Hall–Kier alpha value is -2.11. The molecule has 0 saturated heterocycles. The van der Waals surface area contributed by atoms with Crippen LogP contribution in [0, 0.1) is 13.8 Å². The lowest BCUT2D eigenvalue weighted by Crippen LogP contribution is -2.12. The van der Waals surface area contributed by atoms with Gasteiger partial charge >= 0.3 is 0 Å². The number of hydrogen-bond donors (Lipinski definition) is 2. The molecule has 0 unspecified atom stereocenters. The summed E-state index contributed by atoms with van der Waals surface area (Å²) < 4.78 is 5.15. The maximum absolute atomic E-state index is 11.5. The number of hydrogen-bond acceptors (Lipinski definition) is 4. The summed E-state index contributed by atoms with van der Waals surface area (Å²) in [5.41, 5.74) is 0. The van der Waals surface area contributed by atoms with Crippen molar-refractivity contribution in [2.45, 2.75) is 13.8 Å². The van der Waals surface area contributed by atoms with Gasteiger partial charge in [0, 0.05) is 0 Å². The molecule has 2 rings (SSSR count).